The fourth-order valence-electron chi connectivity index (χ4n) is 5.76. The van der Waals surface area contributed by atoms with E-state index in [0.29, 0.717) is 18.4 Å². The van der Waals surface area contributed by atoms with Gasteiger partial charge in [0.2, 0.25) is 29.4 Å². The van der Waals surface area contributed by atoms with Crippen LogP contribution in [0, 0.1) is 5.41 Å². The molecule has 1 fully saturated rings. The molecule has 6 amide bonds. The van der Waals surface area contributed by atoms with Gasteiger partial charge < -0.3 is 40.5 Å². The van der Waals surface area contributed by atoms with Gasteiger partial charge in [0.15, 0.2) is 0 Å². The minimum absolute atomic E-state index is 0.0912. The number of ether oxygens (including phenoxy) is 2. The lowest BCUT2D eigenvalue weighted by atomic mass is 9.85. The fourth-order valence-corrected chi connectivity index (χ4v) is 5.76. The third kappa shape index (κ3) is 13.8. The predicted octanol–water partition coefficient (Wildman–Crippen LogP) is 2.63. The molecule has 296 valence electrons. The lowest BCUT2D eigenvalue weighted by molar-refractivity contribution is -0.149. The third-order valence-corrected chi connectivity index (χ3v) is 8.14. The molecule has 0 radical (unpaired) electrons. The summed E-state index contributed by atoms with van der Waals surface area (Å²) in [5.41, 5.74) is -1.76. The minimum atomic E-state index is -1.28. The molecule has 1 aliphatic heterocycles. The van der Waals surface area contributed by atoms with E-state index in [1.165, 1.54) is 9.80 Å². The number of Topliss-reactive ketones (excluding diaryl/α,β-unsaturated/α-hetero) is 1. The molecule has 0 aliphatic carbocycles. The van der Waals surface area contributed by atoms with Crippen molar-refractivity contribution >= 4 is 41.4 Å². The number of nitrogens with one attached hydrogen (secondary N) is 4. The summed E-state index contributed by atoms with van der Waals surface area (Å²) in [4.78, 5) is 96.0. The van der Waals surface area contributed by atoms with E-state index in [9.17, 15) is 33.6 Å². The van der Waals surface area contributed by atoms with E-state index in [0.717, 1.165) is 0 Å². The molecule has 1 saturated heterocycles. The van der Waals surface area contributed by atoms with Crippen molar-refractivity contribution in [3.63, 3.8) is 0 Å². The first-order valence-electron chi connectivity index (χ1n) is 18.0. The molecule has 0 saturated carbocycles. The Kier molecular flexibility index (Phi) is 15.6. The molecule has 0 bridgehead atoms. The Hall–Kier alpha value is -4.53. The largest absolute Gasteiger partial charge is 0.444 e. The van der Waals surface area contributed by atoms with Crippen LogP contribution >= 0.6 is 0 Å². The van der Waals surface area contributed by atoms with Gasteiger partial charge in [-0.2, -0.15) is 0 Å². The van der Waals surface area contributed by atoms with Crippen molar-refractivity contribution in [2.75, 3.05) is 27.2 Å². The van der Waals surface area contributed by atoms with Gasteiger partial charge in [0.1, 0.15) is 23.7 Å². The molecular weight excluding hydrogens is 684 g/mol. The lowest BCUT2D eigenvalue weighted by Crippen LogP contribution is -2.61. The van der Waals surface area contributed by atoms with Crippen LogP contribution in [0.5, 0.6) is 0 Å². The van der Waals surface area contributed by atoms with E-state index in [2.05, 4.69) is 21.3 Å². The fraction of sp³-hybridized carbons (Fsp3) is 0.658. The maximum atomic E-state index is 14.2. The molecule has 15 heteroatoms. The van der Waals surface area contributed by atoms with Crippen LogP contribution < -0.4 is 21.3 Å². The van der Waals surface area contributed by atoms with Crippen molar-refractivity contribution in [2.24, 2.45) is 5.41 Å². The average molecular weight is 745 g/mol. The number of hydrogen-bond donors (Lipinski definition) is 4. The van der Waals surface area contributed by atoms with Crippen LogP contribution in [0.3, 0.4) is 0 Å². The number of rotatable bonds is 14. The van der Waals surface area contributed by atoms with Gasteiger partial charge in [-0.05, 0) is 65.4 Å². The first-order valence-corrected chi connectivity index (χ1v) is 18.0. The van der Waals surface area contributed by atoms with Crippen LogP contribution in [0.1, 0.15) is 100 Å². The second-order valence-electron chi connectivity index (χ2n) is 16.5. The van der Waals surface area contributed by atoms with Crippen molar-refractivity contribution in [1.29, 1.82) is 0 Å². The molecule has 0 spiro atoms. The summed E-state index contributed by atoms with van der Waals surface area (Å²) in [5, 5.41) is 10.3. The molecule has 1 aromatic rings. The SMILES string of the molecule is CCC[C@@H](NC(=O)[C@@H]1C(OC(C)(C)C)CCN1C(=O)[C@@H](NC(=O)OC(C)(C)C)C(C)(C)C)C(=O)C(=O)NCC(=O)NC(C(=O)N(C)C)c1ccccc1. The highest BCUT2D eigenvalue weighted by Gasteiger charge is 2.48. The number of amides is 6. The highest BCUT2D eigenvalue weighted by atomic mass is 16.6. The lowest BCUT2D eigenvalue weighted by Gasteiger charge is -2.37. The monoisotopic (exact) mass is 744 g/mol. The molecule has 1 heterocycles. The van der Waals surface area contributed by atoms with Crippen molar-refractivity contribution in [3.8, 4) is 0 Å². The first kappa shape index (κ1) is 44.6. The van der Waals surface area contributed by atoms with E-state index in [1.54, 1.807) is 92.9 Å². The maximum absolute atomic E-state index is 14.2. The Morgan fingerprint density at radius 1 is 0.868 bits per heavy atom. The summed E-state index contributed by atoms with van der Waals surface area (Å²) in [6.07, 6.45) is -0.752. The van der Waals surface area contributed by atoms with Crippen LogP contribution in [-0.2, 0) is 38.2 Å². The molecule has 4 N–H and O–H groups in total. The number of hydrogen-bond acceptors (Lipinski definition) is 9. The maximum Gasteiger partial charge on any atom is 0.408 e. The van der Waals surface area contributed by atoms with Crippen LogP contribution in [0.25, 0.3) is 0 Å². The Bertz CT molecular complexity index is 1480. The molecule has 53 heavy (non-hydrogen) atoms. The zero-order valence-corrected chi connectivity index (χ0v) is 33.4. The predicted molar refractivity (Wildman–Crippen MR) is 198 cm³/mol. The number of benzene rings is 1. The number of likely N-dealkylation sites (N-methyl/N-ethyl adjacent to an activating group) is 1. The molecule has 15 nitrogen and oxygen atoms in total. The number of nitrogens with zero attached hydrogens (tertiary/aromatic N) is 2. The summed E-state index contributed by atoms with van der Waals surface area (Å²) < 4.78 is 11.6. The van der Waals surface area contributed by atoms with Crippen LogP contribution in [0.2, 0.25) is 0 Å². The van der Waals surface area contributed by atoms with Gasteiger partial charge >= 0.3 is 6.09 Å². The topological polar surface area (TPSA) is 193 Å². The Balaban J connectivity index is 2.28. The summed E-state index contributed by atoms with van der Waals surface area (Å²) in [6, 6.07) is 4.01. The molecule has 0 aromatic heterocycles. The molecule has 2 unspecified atom stereocenters. The first-order chi connectivity index (χ1) is 24.4. The van der Waals surface area contributed by atoms with E-state index in [1.807, 2.05) is 20.8 Å². The number of carbonyl (C=O) groups excluding carboxylic acids is 7. The second-order valence-corrected chi connectivity index (χ2v) is 16.5. The zero-order chi connectivity index (χ0) is 40.5. The smallest absolute Gasteiger partial charge is 0.408 e. The van der Waals surface area contributed by atoms with Gasteiger partial charge in [-0.1, -0.05) is 64.4 Å². The Labute approximate surface area is 313 Å². The standard InChI is InChI=1S/C38H60N6O9/c1-13-17-24(29(46)32(48)39-22-26(45)41-27(33(49)43(11)12)23-18-15-14-16-19-23)40-31(47)28-25(52-37(5,6)7)20-21-44(28)34(50)30(36(2,3)4)42-35(51)53-38(8,9)10/h14-16,18-19,24-25,27-28,30H,13,17,20-22H2,1-12H3,(H,39,48)(H,40,47)(H,41,45)(H,42,51)/t24-,25?,27?,28+,30-/m1/s1. The van der Waals surface area contributed by atoms with Gasteiger partial charge in [-0.25, -0.2) is 4.79 Å². The van der Waals surface area contributed by atoms with Crippen LogP contribution in [-0.4, -0.2) is 114 Å². The van der Waals surface area contributed by atoms with E-state index >= 15 is 0 Å². The van der Waals surface area contributed by atoms with Gasteiger partial charge in [0.05, 0.1) is 24.3 Å². The minimum Gasteiger partial charge on any atom is -0.444 e. The molecule has 1 aromatic carbocycles. The summed E-state index contributed by atoms with van der Waals surface area (Å²) in [7, 11) is 3.10. The highest BCUT2D eigenvalue weighted by molar-refractivity contribution is 6.38. The average Bonchev–Trinajstić information content (AvgIpc) is 3.44. The third-order valence-electron chi connectivity index (χ3n) is 8.14. The quantitative estimate of drug-likeness (QED) is 0.207. The van der Waals surface area contributed by atoms with E-state index < -0.39 is 88.9 Å². The number of likely N-dealkylation sites (tertiary alicyclic amines) is 1. The van der Waals surface area contributed by atoms with Crippen molar-refractivity contribution in [2.45, 2.75) is 130 Å². The number of carbonyl (C=O) groups is 7. The van der Waals surface area contributed by atoms with Gasteiger partial charge in [-0.3, -0.25) is 28.8 Å². The van der Waals surface area contributed by atoms with E-state index in [-0.39, 0.29) is 18.9 Å². The Morgan fingerprint density at radius 2 is 1.47 bits per heavy atom. The van der Waals surface area contributed by atoms with Crippen LogP contribution in [0.15, 0.2) is 30.3 Å². The number of alkyl carbamates (subject to hydrolysis) is 1. The molecular formula is C38H60N6O9. The number of ketones is 1. The summed E-state index contributed by atoms with van der Waals surface area (Å²) >= 11 is 0. The highest BCUT2D eigenvalue weighted by Crippen LogP contribution is 2.30. The molecule has 1 aliphatic rings. The summed E-state index contributed by atoms with van der Waals surface area (Å²) in [6.45, 7) is 17.2. The van der Waals surface area contributed by atoms with Gasteiger partial charge in [-0.15, -0.1) is 0 Å². The van der Waals surface area contributed by atoms with Crippen molar-refractivity contribution in [3.05, 3.63) is 35.9 Å². The zero-order valence-electron chi connectivity index (χ0n) is 33.4. The second kappa shape index (κ2) is 18.5. The van der Waals surface area contributed by atoms with E-state index in [4.69, 9.17) is 9.47 Å². The normalized spacial score (nSPS) is 17.8. The van der Waals surface area contributed by atoms with Gasteiger partial charge in [0, 0.05) is 20.6 Å². The van der Waals surface area contributed by atoms with Gasteiger partial charge in [0.25, 0.3) is 5.91 Å². The summed E-state index contributed by atoms with van der Waals surface area (Å²) in [5.74, 6) is -4.43. The van der Waals surface area contributed by atoms with Crippen molar-refractivity contribution in [1.82, 2.24) is 31.1 Å². The van der Waals surface area contributed by atoms with Crippen LogP contribution in [0.4, 0.5) is 4.79 Å². The van der Waals surface area contributed by atoms with Crippen molar-refractivity contribution < 1.29 is 43.0 Å². The molecule has 5 atom stereocenters. The molecule has 2 rings (SSSR count). The Morgan fingerprint density at radius 3 is 1.98 bits per heavy atom.